The lowest BCUT2D eigenvalue weighted by atomic mass is 9.95. The van der Waals surface area contributed by atoms with Crippen LogP contribution in [0.5, 0.6) is 0 Å². The molecule has 1 saturated carbocycles. The Hall–Kier alpha value is -2.11. The van der Waals surface area contributed by atoms with Crippen molar-refractivity contribution in [2.75, 3.05) is 13.1 Å². The van der Waals surface area contributed by atoms with E-state index >= 15 is 0 Å². The fourth-order valence-corrected chi connectivity index (χ4v) is 3.70. The SMILES string of the molecule is CCn1cnnc1C1CCN(C(=O)[C@@H]2C[C@@H]2c2ccco2)CC1. The predicted octanol–water partition coefficient (Wildman–Crippen LogP) is 2.40. The molecule has 0 aromatic carbocycles. The average Bonchev–Trinajstić information content (AvgIpc) is 3.02. The van der Waals surface area contributed by atoms with Crippen LogP contribution in [-0.2, 0) is 11.3 Å². The van der Waals surface area contributed by atoms with E-state index in [-0.39, 0.29) is 5.92 Å². The number of aryl methyl sites for hydroxylation is 1. The largest absolute Gasteiger partial charge is 0.469 e. The number of hydrogen-bond donors (Lipinski definition) is 0. The maximum atomic E-state index is 12.6. The van der Waals surface area contributed by atoms with Gasteiger partial charge in [0.15, 0.2) is 0 Å². The van der Waals surface area contributed by atoms with Gasteiger partial charge in [-0.05, 0) is 38.3 Å². The zero-order chi connectivity index (χ0) is 15.8. The molecule has 4 rings (SSSR count). The second-order valence-corrected chi connectivity index (χ2v) is 6.54. The molecule has 2 fully saturated rings. The molecule has 0 unspecified atom stereocenters. The molecule has 122 valence electrons. The molecule has 6 nitrogen and oxygen atoms in total. The van der Waals surface area contributed by atoms with Crippen LogP contribution in [0.25, 0.3) is 0 Å². The van der Waals surface area contributed by atoms with Gasteiger partial charge in [0.2, 0.25) is 5.91 Å². The summed E-state index contributed by atoms with van der Waals surface area (Å²) in [7, 11) is 0. The molecule has 0 bridgehead atoms. The van der Waals surface area contributed by atoms with E-state index in [2.05, 4.69) is 21.7 Å². The van der Waals surface area contributed by atoms with Gasteiger partial charge in [0, 0.05) is 37.4 Å². The lowest BCUT2D eigenvalue weighted by Crippen LogP contribution is -2.39. The number of piperidine rings is 1. The number of carbonyl (C=O) groups is 1. The Labute approximate surface area is 135 Å². The number of rotatable bonds is 4. The zero-order valence-electron chi connectivity index (χ0n) is 13.4. The summed E-state index contributed by atoms with van der Waals surface area (Å²) in [5, 5.41) is 8.29. The molecule has 6 heteroatoms. The summed E-state index contributed by atoms with van der Waals surface area (Å²) in [5.74, 6) is 3.15. The fraction of sp³-hybridized carbons (Fsp3) is 0.588. The fourth-order valence-electron chi connectivity index (χ4n) is 3.70. The molecule has 0 N–H and O–H groups in total. The smallest absolute Gasteiger partial charge is 0.226 e. The van der Waals surface area contributed by atoms with Gasteiger partial charge < -0.3 is 13.9 Å². The number of aromatic nitrogens is 3. The number of likely N-dealkylation sites (tertiary alicyclic amines) is 1. The van der Waals surface area contributed by atoms with Gasteiger partial charge in [0.05, 0.1) is 6.26 Å². The first-order chi connectivity index (χ1) is 11.3. The van der Waals surface area contributed by atoms with E-state index in [0.717, 1.165) is 50.5 Å². The number of carbonyl (C=O) groups excluding carboxylic acids is 1. The number of furan rings is 1. The molecular weight excluding hydrogens is 292 g/mol. The number of amides is 1. The third-order valence-electron chi connectivity index (χ3n) is 5.17. The van der Waals surface area contributed by atoms with Crippen LogP contribution in [0.15, 0.2) is 29.1 Å². The van der Waals surface area contributed by atoms with E-state index < -0.39 is 0 Å². The third kappa shape index (κ3) is 2.66. The second kappa shape index (κ2) is 5.83. The lowest BCUT2D eigenvalue weighted by molar-refractivity contribution is -0.133. The molecule has 1 amide bonds. The maximum Gasteiger partial charge on any atom is 0.226 e. The molecule has 3 heterocycles. The lowest BCUT2D eigenvalue weighted by Gasteiger charge is -2.31. The molecule has 2 atom stereocenters. The summed E-state index contributed by atoms with van der Waals surface area (Å²) in [6.07, 6.45) is 6.36. The second-order valence-electron chi connectivity index (χ2n) is 6.54. The van der Waals surface area contributed by atoms with Gasteiger partial charge in [-0.2, -0.15) is 0 Å². The Morgan fingerprint density at radius 3 is 2.91 bits per heavy atom. The van der Waals surface area contributed by atoms with Gasteiger partial charge in [0.25, 0.3) is 0 Å². The quantitative estimate of drug-likeness (QED) is 0.869. The van der Waals surface area contributed by atoms with E-state index in [0.29, 0.717) is 17.7 Å². The summed E-state index contributed by atoms with van der Waals surface area (Å²) >= 11 is 0. The van der Waals surface area contributed by atoms with Gasteiger partial charge in [-0.1, -0.05) is 0 Å². The van der Waals surface area contributed by atoms with Crippen molar-refractivity contribution in [3.63, 3.8) is 0 Å². The van der Waals surface area contributed by atoms with Crippen molar-refractivity contribution in [1.29, 1.82) is 0 Å². The summed E-state index contributed by atoms with van der Waals surface area (Å²) < 4.78 is 7.54. The molecule has 2 aromatic rings. The van der Waals surface area contributed by atoms with Crippen LogP contribution >= 0.6 is 0 Å². The molecule has 0 spiro atoms. The van der Waals surface area contributed by atoms with Crippen molar-refractivity contribution < 1.29 is 9.21 Å². The first-order valence-electron chi connectivity index (χ1n) is 8.47. The predicted molar refractivity (Wildman–Crippen MR) is 83.8 cm³/mol. The molecule has 1 aliphatic heterocycles. The minimum Gasteiger partial charge on any atom is -0.469 e. The maximum absolute atomic E-state index is 12.6. The normalized spacial score (nSPS) is 24.8. The van der Waals surface area contributed by atoms with Crippen molar-refractivity contribution in [3.8, 4) is 0 Å². The van der Waals surface area contributed by atoms with E-state index in [1.54, 1.807) is 12.6 Å². The summed E-state index contributed by atoms with van der Waals surface area (Å²) in [4.78, 5) is 14.7. The van der Waals surface area contributed by atoms with Crippen molar-refractivity contribution in [3.05, 3.63) is 36.3 Å². The van der Waals surface area contributed by atoms with Gasteiger partial charge in [-0.15, -0.1) is 10.2 Å². The number of nitrogens with zero attached hydrogens (tertiary/aromatic N) is 4. The highest BCUT2D eigenvalue weighted by Crippen LogP contribution is 2.49. The van der Waals surface area contributed by atoms with E-state index in [9.17, 15) is 4.79 Å². The molecule has 1 aliphatic carbocycles. The Balaban J connectivity index is 1.34. The van der Waals surface area contributed by atoms with Crippen molar-refractivity contribution in [2.24, 2.45) is 5.92 Å². The summed E-state index contributed by atoms with van der Waals surface area (Å²) in [6.45, 7) is 4.64. The summed E-state index contributed by atoms with van der Waals surface area (Å²) in [5.41, 5.74) is 0. The molecule has 2 aliphatic rings. The Kier molecular flexibility index (Phi) is 3.67. The van der Waals surface area contributed by atoms with Gasteiger partial charge in [-0.25, -0.2) is 0 Å². The molecule has 0 radical (unpaired) electrons. The summed E-state index contributed by atoms with van der Waals surface area (Å²) in [6, 6.07) is 3.87. The van der Waals surface area contributed by atoms with Crippen molar-refractivity contribution >= 4 is 5.91 Å². The highest BCUT2D eigenvalue weighted by Gasteiger charge is 2.47. The first-order valence-corrected chi connectivity index (χ1v) is 8.47. The van der Waals surface area contributed by atoms with Crippen LogP contribution in [0, 0.1) is 5.92 Å². The minimum atomic E-state index is 0.122. The minimum absolute atomic E-state index is 0.122. The molecule has 1 saturated heterocycles. The Morgan fingerprint density at radius 2 is 2.22 bits per heavy atom. The van der Waals surface area contributed by atoms with E-state index in [1.165, 1.54) is 0 Å². The van der Waals surface area contributed by atoms with Crippen LogP contribution in [0.1, 0.15) is 49.6 Å². The number of hydrogen-bond acceptors (Lipinski definition) is 4. The average molecular weight is 314 g/mol. The van der Waals surface area contributed by atoms with Crippen molar-refractivity contribution in [1.82, 2.24) is 19.7 Å². The molecular formula is C17H22N4O2. The first kappa shape index (κ1) is 14.5. The zero-order valence-corrected chi connectivity index (χ0v) is 13.4. The highest BCUT2D eigenvalue weighted by molar-refractivity contribution is 5.83. The van der Waals surface area contributed by atoms with Gasteiger partial charge >= 0.3 is 0 Å². The van der Waals surface area contributed by atoms with Gasteiger partial charge in [-0.3, -0.25) is 4.79 Å². The van der Waals surface area contributed by atoms with Crippen LogP contribution in [-0.4, -0.2) is 38.7 Å². The Morgan fingerprint density at radius 1 is 1.39 bits per heavy atom. The Bertz CT molecular complexity index is 671. The van der Waals surface area contributed by atoms with Crippen LogP contribution in [0.3, 0.4) is 0 Å². The highest BCUT2D eigenvalue weighted by atomic mass is 16.3. The van der Waals surface area contributed by atoms with E-state index in [1.807, 2.05) is 17.0 Å². The van der Waals surface area contributed by atoms with Crippen LogP contribution in [0.4, 0.5) is 0 Å². The van der Waals surface area contributed by atoms with Crippen LogP contribution in [0.2, 0.25) is 0 Å². The van der Waals surface area contributed by atoms with E-state index in [4.69, 9.17) is 4.42 Å². The van der Waals surface area contributed by atoms with Crippen molar-refractivity contribution in [2.45, 2.75) is 44.6 Å². The molecule has 23 heavy (non-hydrogen) atoms. The standard InChI is InChI=1S/C17H22N4O2/c1-2-20-11-18-19-16(20)12-5-7-21(8-6-12)17(22)14-10-13(14)15-4-3-9-23-15/h3-4,9,11-14H,2,5-8,10H2,1H3/t13-,14+/m0/s1. The monoisotopic (exact) mass is 314 g/mol. The van der Waals surface area contributed by atoms with Gasteiger partial charge in [0.1, 0.15) is 17.9 Å². The topological polar surface area (TPSA) is 64.2 Å². The molecule has 2 aromatic heterocycles. The third-order valence-corrected chi connectivity index (χ3v) is 5.17. The van der Waals surface area contributed by atoms with Crippen LogP contribution < -0.4 is 0 Å².